The molecule has 0 amide bonds. The lowest BCUT2D eigenvalue weighted by Gasteiger charge is -2.07. The molecule has 2 rings (SSSR count). The molecule has 0 nitrogen and oxygen atoms in total. The average Bonchev–Trinajstić information content (AvgIpc) is 2.27. The van der Waals surface area contributed by atoms with Crippen LogP contribution in [0.5, 0.6) is 0 Å². The Morgan fingerprint density at radius 3 is 3.30 bits per heavy atom. The van der Waals surface area contributed by atoms with Gasteiger partial charge in [0.05, 0.1) is 0 Å². The first-order valence-corrected chi connectivity index (χ1v) is 4.23. The standard InChI is InChI=1S/C10H14/c1-8-3-2-4-9-5-6-10(8)7-9/h2-3,7-9H,4-6H2,1H3. The zero-order chi connectivity index (χ0) is 6.97. The smallest absolute Gasteiger partial charge is 0.00516 e. The Bertz CT molecular complexity index is 186. The van der Waals surface area contributed by atoms with E-state index in [1.165, 1.54) is 19.3 Å². The summed E-state index contributed by atoms with van der Waals surface area (Å²) in [6, 6.07) is 0. The zero-order valence-electron chi connectivity index (χ0n) is 6.51. The van der Waals surface area contributed by atoms with Gasteiger partial charge in [-0.05, 0) is 31.1 Å². The SMILES string of the molecule is CC1C=CCC2C=C1CC2. The van der Waals surface area contributed by atoms with Gasteiger partial charge in [-0.15, -0.1) is 0 Å². The molecule has 0 aromatic heterocycles. The molecule has 10 heavy (non-hydrogen) atoms. The summed E-state index contributed by atoms with van der Waals surface area (Å²) in [5.41, 5.74) is 1.68. The second-order valence-corrected chi connectivity index (χ2v) is 3.49. The van der Waals surface area contributed by atoms with Crippen molar-refractivity contribution in [1.29, 1.82) is 0 Å². The van der Waals surface area contributed by atoms with E-state index in [1.54, 1.807) is 5.57 Å². The van der Waals surface area contributed by atoms with Crippen LogP contribution in [0.3, 0.4) is 0 Å². The Labute approximate surface area is 62.6 Å². The summed E-state index contributed by atoms with van der Waals surface area (Å²) in [7, 11) is 0. The fourth-order valence-corrected chi connectivity index (χ4v) is 1.97. The number of hydrogen-bond donors (Lipinski definition) is 0. The fraction of sp³-hybridized carbons (Fsp3) is 0.600. The molecule has 2 atom stereocenters. The lowest BCUT2D eigenvalue weighted by Crippen LogP contribution is -1.93. The lowest BCUT2D eigenvalue weighted by atomic mass is 9.98. The molecule has 2 aliphatic carbocycles. The van der Waals surface area contributed by atoms with Crippen molar-refractivity contribution in [2.45, 2.75) is 26.2 Å². The van der Waals surface area contributed by atoms with Gasteiger partial charge in [-0.1, -0.05) is 30.7 Å². The third-order valence-electron chi connectivity index (χ3n) is 2.70. The summed E-state index contributed by atoms with van der Waals surface area (Å²) < 4.78 is 0. The Balaban J connectivity index is 2.26. The molecule has 0 N–H and O–H groups in total. The molecule has 0 saturated heterocycles. The summed E-state index contributed by atoms with van der Waals surface area (Å²) in [5.74, 6) is 1.61. The first kappa shape index (κ1) is 6.21. The van der Waals surface area contributed by atoms with E-state index in [2.05, 4.69) is 25.2 Å². The molecule has 0 fully saturated rings. The summed E-state index contributed by atoms with van der Waals surface area (Å²) in [5, 5.41) is 0. The van der Waals surface area contributed by atoms with Crippen LogP contribution in [0.4, 0.5) is 0 Å². The summed E-state index contributed by atoms with van der Waals surface area (Å²) >= 11 is 0. The zero-order valence-corrected chi connectivity index (χ0v) is 6.51. The predicted molar refractivity (Wildman–Crippen MR) is 43.7 cm³/mol. The average molecular weight is 134 g/mol. The molecule has 0 radical (unpaired) electrons. The molecule has 2 bridgehead atoms. The fourth-order valence-electron chi connectivity index (χ4n) is 1.97. The van der Waals surface area contributed by atoms with Gasteiger partial charge in [0.1, 0.15) is 0 Å². The molecule has 0 saturated carbocycles. The monoisotopic (exact) mass is 134 g/mol. The van der Waals surface area contributed by atoms with Crippen LogP contribution in [0.2, 0.25) is 0 Å². The third-order valence-corrected chi connectivity index (χ3v) is 2.70. The van der Waals surface area contributed by atoms with E-state index >= 15 is 0 Å². The maximum Gasteiger partial charge on any atom is -0.00516 e. The van der Waals surface area contributed by atoms with Gasteiger partial charge in [0.2, 0.25) is 0 Å². The van der Waals surface area contributed by atoms with Crippen molar-refractivity contribution < 1.29 is 0 Å². The second kappa shape index (κ2) is 2.26. The first-order chi connectivity index (χ1) is 4.86. The molecule has 0 heteroatoms. The summed E-state index contributed by atoms with van der Waals surface area (Å²) in [4.78, 5) is 0. The Morgan fingerprint density at radius 2 is 2.40 bits per heavy atom. The van der Waals surface area contributed by atoms with Crippen molar-refractivity contribution in [2.24, 2.45) is 11.8 Å². The van der Waals surface area contributed by atoms with E-state index < -0.39 is 0 Å². The van der Waals surface area contributed by atoms with Crippen molar-refractivity contribution in [2.75, 3.05) is 0 Å². The molecular weight excluding hydrogens is 120 g/mol. The van der Waals surface area contributed by atoms with Gasteiger partial charge in [0.15, 0.2) is 0 Å². The van der Waals surface area contributed by atoms with E-state index in [4.69, 9.17) is 0 Å². The van der Waals surface area contributed by atoms with E-state index in [-0.39, 0.29) is 0 Å². The molecule has 54 valence electrons. The van der Waals surface area contributed by atoms with Gasteiger partial charge in [0, 0.05) is 0 Å². The minimum atomic E-state index is 0.729. The number of fused-ring (bicyclic) bond motifs is 1. The van der Waals surface area contributed by atoms with Crippen molar-refractivity contribution in [1.82, 2.24) is 0 Å². The Kier molecular flexibility index (Phi) is 1.40. The molecule has 0 aliphatic heterocycles. The Morgan fingerprint density at radius 1 is 1.50 bits per heavy atom. The maximum atomic E-state index is 2.49. The molecule has 0 aromatic rings. The predicted octanol–water partition coefficient (Wildman–Crippen LogP) is 2.92. The molecular formula is C10H14. The van der Waals surface area contributed by atoms with Crippen LogP contribution in [0, 0.1) is 11.8 Å². The van der Waals surface area contributed by atoms with Crippen LogP contribution in [0.15, 0.2) is 23.8 Å². The third kappa shape index (κ3) is 0.920. The van der Waals surface area contributed by atoms with Gasteiger partial charge in [-0.2, -0.15) is 0 Å². The molecule has 0 spiro atoms. The number of allylic oxidation sites excluding steroid dienone is 4. The molecule has 2 unspecified atom stereocenters. The highest BCUT2D eigenvalue weighted by Crippen LogP contribution is 2.34. The van der Waals surface area contributed by atoms with Crippen LogP contribution >= 0.6 is 0 Å². The van der Waals surface area contributed by atoms with E-state index in [9.17, 15) is 0 Å². The van der Waals surface area contributed by atoms with Gasteiger partial charge < -0.3 is 0 Å². The number of hydrogen-bond acceptors (Lipinski definition) is 0. The van der Waals surface area contributed by atoms with Crippen molar-refractivity contribution in [3.05, 3.63) is 23.8 Å². The minimum absolute atomic E-state index is 0.729. The molecule has 0 heterocycles. The van der Waals surface area contributed by atoms with Crippen molar-refractivity contribution in [3.8, 4) is 0 Å². The van der Waals surface area contributed by atoms with Gasteiger partial charge in [-0.25, -0.2) is 0 Å². The lowest BCUT2D eigenvalue weighted by molar-refractivity contribution is 0.625. The van der Waals surface area contributed by atoms with E-state index in [0.717, 1.165) is 11.8 Å². The van der Waals surface area contributed by atoms with E-state index in [0.29, 0.717) is 0 Å². The van der Waals surface area contributed by atoms with Crippen LogP contribution in [0.1, 0.15) is 26.2 Å². The summed E-state index contributed by atoms with van der Waals surface area (Å²) in [6.07, 6.45) is 11.2. The van der Waals surface area contributed by atoms with Crippen LogP contribution < -0.4 is 0 Å². The van der Waals surface area contributed by atoms with Crippen LogP contribution in [0.25, 0.3) is 0 Å². The topological polar surface area (TPSA) is 0 Å². The Hall–Kier alpha value is -0.520. The van der Waals surface area contributed by atoms with E-state index in [1.807, 2.05) is 0 Å². The number of rotatable bonds is 0. The first-order valence-electron chi connectivity index (χ1n) is 4.23. The largest absolute Gasteiger partial charge is 0.0874 e. The van der Waals surface area contributed by atoms with Gasteiger partial charge >= 0.3 is 0 Å². The summed E-state index contributed by atoms with van der Waals surface area (Å²) in [6.45, 7) is 2.30. The highest BCUT2D eigenvalue weighted by molar-refractivity contribution is 5.21. The van der Waals surface area contributed by atoms with Crippen molar-refractivity contribution in [3.63, 3.8) is 0 Å². The van der Waals surface area contributed by atoms with Crippen LogP contribution in [-0.4, -0.2) is 0 Å². The highest BCUT2D eigenvalue weighted by Gasteiger charge is 2.19. The quantitative estimate of drug-likeness (QED) is 0.447. The molecule has 2 aliphatic rings. The molecule has 0 aromatic carbocycles. The van der Waals surface area contributed by atoms with Crippen molar-refractivity contribution >= 4 is 0 Å². The van der Waals surface area contributed by atoms with Crippen LogP contribution in [-0.2, 0) is 0 Å². The van der Waals surface area contributed by atoms with Gasteiger partial charge in [-0.3, -0.25) is 0 Å². The highest BCUT2D eigenvalue weighted by atomic mass is 14.2. The van der Waals surface area contributed by atoms with Gasteiger partial charge in [0.25, 0.3) is 0 Å². The normalized spacial score (nSPS) is 37.5. The maximum absolute atomic E-state index is 2.49. The second-order valence-electron chi connectivity index (χ2n) is 3.49. The minimum Gasteiger partial charge on any atom is -0.0874 e.